The molecule has 0 heterocycles. The van der Waals surface area contributed by atoms with E-state index in [1.807, 2.05) is 6.08 Å². The van der Waals surface area contributed by atoms with Crippen molar-refractivity contribution in [2.45, 2.75) is 315 Å². The Morgan fingerprint density at radius 3 is 1.12 bits per heavy atom. The number of nitrogens with one attached hydrogen (secondary N) is 1. The Morgan fingerprint density at radius 1 is 0.415 bits per heavy atom. The number of aliphatic hydroxyl groups is 2. The molecule has 0 aromatic carbocycles. The van der Waals surface area contributed by atoms with Gasteiger partial charge in [0.1, 0.15) is 0 Å². The molecule has 0 aromatic heterocycles. The summed E-state index contributed by atoms with van der Waals surface area (Å²) in [7, 11) is 0. The number of aliphatic hydroxyl groups excluding tert-OH is 2. The van der Waals surface area contributed by atoms with Crippen molar-refractivity contribution in [3.63, 3.8) is 0 Å². The molecule has 382 valence electrons. The Hall–Kier alpha value is -1.92. The van der Waals surface area contributed by atoms with Crippen LogP contribution in [-0.4, -0.2) is 47.4 Å². The monoisotopic (exact) mass is 914 g/mol. The van der Waals surface area contributed by atoms with Crippen LogP contribution in [0.25, 0.3) is 0 Å². The van der Waals surface area contributed by atoms with E-state index in [0.29, 0.717) is 19.4 Å². The van der Waals surface area contributed by atoms with Gasteiger partial charge in [-0.05, 0) is 77.0 Å². The molecule has 0 rings (SSSR count). The maximum Gasteiger partial charge on any atom is 0.305 e. The van der Waals surface area contributed by atoms with Crippen molar-refractivity contribution in [2.75, 3.05) is 13.2 Å². The fourth-order valence-electron chi connectivity index (χ4n) is 8.69. The van der Waals surface area contributed by atoms with E-state index in [9.17, 15) is 19.8 Å². The summed E-state index contributed by atoms with van der Waals surface area (Å²) >= 11 is 0. The second-order valence-corrected chi connectivity index (χ2v) is 19.6. The molecule has 2 unspecified atom stereocenters. The maximum absolute atomic E-state index is 12.5. The van der Waals surface area contributed by atoms with E-state index in [1.54, 1.807) is 6.08 Å². The highest BCUT2D eigenvalue weighted by Crippen LogP contribution is 2.16. The Kier molecular flexibility index (Phi) is 53.1. The highest BCUT2D eigenvalue weighted by atomic mass is 16.5. The van der Waals surface area contributed by atoms with Crippen LogP contribution in [0.3, 0.4) is 0 Å². The number of hydrogen-bond acceptors (Lipinski definition) is 5. The summed E-state index contributed by atoms with van der Waals surface area (Å²) in [6.07, 6.45) is 67.5. The van der Waals surface area contributed by atoms with Gasteiger partial charge in [-0.25, -0.2) is 0 Å². The van der Waals surface area contributed by atoms with E-state index in [4.69, 9.17) is 4.74 Å². The molecule has 6 nitrogen and oxygen atoms in total. The molecule has 0 spiro atoms. The fourth-order valence-corrected chi connectivity index (χ4v) is 8.69. The number of ether oxygens (including phenoxy) is 1. The standard InChI is InChI=1S/C59H111NO5/c1-3-5-7-9-11-13-15-17-19-21-22-23-24-25-26-27-28-30-32-35-39-43-47-51-57(62)56(55-61)60-58(63)52-48-44-40-36-34-38-42-46-50-54-65-59(64)53-49-45-41-37-33-31-29-20-18-16-14-12-10-8-6-4-2/h20,29,36,40,47,51,56-57,61-62H,3-19,21-28,30-35,37-39,41-46,48-50,52-55H2,1-2H3,(H,60,63)/b29-20-,40-36-,51-47+. The molecule has 0 saturated heterocycles. The van der Waals surface area contributed by atoms with E-state index < -0.39 is 12.1 Å². The minimum atomic E-state index is -0.877. The van der Waals surface area contributed by atoms with Crippen molar-refractivity contribution in [1.29, 1.82) is 0 Å². The van der Waals surface area contributed by atoms with Gasteiger partial charge in [-0.2, -0.15) is 0 Å². The predicted octanol–water partition coefficient (Wildman–Crippen LogP) is 17.6. The van der Waals surface area contributed by atoms with Gasteiger partial charge in [0.05, 0.1) is 25.4 Å². The highest BCUT2D eigenvalue weighted by Gasteiger charge is 2.18. The smallest absolute Gasteiger partial charge is 0.305 e. The lowest BCUT2D eigenvalue weighted by Crippen LogP contribution is -2.45. The molecule has 0 radical (unpaired) electrons. The summed E-state index contributed by atoms with van der Waals surface area (Å²) in [6.45, 7) is 4.82. The molecule has 2 atom stereocenters. The van der Waals surface area contributed by atoms with Crippen LogP contribution < -0.4 is 5.32 Å². The second-order valence-electron chi connectivity index (χ2n) is 19.6. The van der Waals surface area contributed by atoms with E-state index in [2.05, 4.69) is 43.5 Å². The second kappa shape index (κ2) is 54.7. The normalized spacial score (nSPS) is 12.9. The lowest BCUT2D eigenvalue weighted by molar-refractivity contribution is -0.143. The number of allylic oxidation sites excluding steroid dienone is 5. The number of carbonyl (C=O) groups is 2. The third-order valence-electron chi connectivity index (χ3n) is 13.1. The zero-order valence-electron chi connectivity index (χ0n) is 43.5. The maximum atomic E-state index is 12.5. The first-order chi connectivity index (χ1) is 32.0. The lowest BCUT2D eigenvalue weighted by Gasteiger charge is -2.19. The summed E-state index contributed by atoms with van der Waals surface area (Å²) in [6, 6.07) is -0.667. The van der Waals surface area contributed by atoms with Crippen LogP contribution >= 0.6 is 0 Å². The van der Waals surface area contributed by atoms with Crippen LogP contribution in [0.5, 0.6) is 0 Å². The predicted molar refractivity (Wildman–Crippen MR) is 283 cm³/mol. The minimum Gasteiger partial charge on any atom is -0.466 e. The first-order valence-corrected chi connectivity index (χ1v) is 28.8. The fraction of sp³-hybridized carbons (Fsp3) is 0.864. The van der Waals surface area contributed by atoms with E-state index in [1.165, 1.54) is 205 Å². The van der Waals surface area contributed by atoms with Crippen molar-refractivity contribution in [3.05, 3.63) is 36.5 Å². The van der Waals surface area contributed by atoms with Gasteiger partial charge in [-0.15, -0.1) is 0 Å². The Morgan fingerprint density at radius 2 is 0.738 bits per heavy atom. The number of esters is 1. The summed E-state index contributed by atoms with van der Waals surface area (Å²) < 4.78 is 5.44. The zero-order valence-corrected chi connectivity index (χ0v) is 43.5. The molecule has 0 aliphatic heterocycles. The SMILES string of the molecule is CCCCCCCCC/C=C\CCCCCCCC(=O)OCCCCCC/C=C\CCCC(=O)NC(CO)C(O)/C=C/CCCCCCCCCCCCCCCCCCCCCCC. The molecule has 1 amide bonds. The number of hydrogen-bond donors (Lipinski definition) is 3. The molecular weight excluding hydrogens is 803 g/mol. The number of carbonyl (C=O) groups excluding carboxylic acids is 2. The molecule has 0 saturated carbocycles. The molecular formula is C59H111NO5. The number of rotatable bonds is 53. The zero-order chi connectivity index (χ0) is 47.2. The van der Waals surface area contributed by atoms with Gasteiger partial charge in [0, 0.05) is 12.8 Å². The van der Waals surface area contributed by atoms with Crippen LogP contribution in [0, 0.1) is 0 Å². The van der Waals surface area contributed by atoms with Crippen LogP contribution in [0.1, 0.15) is 303 Å². The average Bonchev–Trinajstić information content (AvgIpc) is 3.31. The van der Waals surface area contributed by atoms with Gasteiger partial charge in [-0.1, -0.05) is 249 Å². The summed E-state index contributed by atoms with van der Waals surface area (Å²) in [5.41, 5.74) is 0. The quantitative estimate of drug-likeness (QED) is 0.0321. The Labute approximate surface area is 404 Å². The van der Waals surface area contributed by atoms with Gasteiger partial charge in [0.25, 0.3) is 0 Å². The minimum absolute atomic E-state index is 0.0450. The van der Waals surface area contributed by atoms with Crippen molar-refractivity contribution in [1.82, 2.24) is 5.32 Å². The third-order valence-corrected chi connectivity index (χ3v) is 13.1. The molecule has 0 fully saturated rings. The first-order valence-electron chi connectivity index (χ1n) is 28.8. The van der Waals surface area contributed by atoms with Crippen LogP contribution in [0.2, 0.25) is 0 Å². The van der Waals surface area contributed by atoms with Crippen molar-refractivity contribution >= 4 is 11.9 Å². The molecule has 65 heavy (non-hydrogen) atoms. The molecule has 0 aromatic rings. The topological polar surface area (TPSA) is 95.9 Å². The van der Waals surface area contributed by atoms with Crippen LogP contribution in [0.15, 0.2) is 36.5 Å². The Bertz CT molecular complexity index is 1060. The van der Waals surface area contributed by atoms with E-state index in [-0.39, 0.29) is 18.5 Å². The van der Waals surface area contributed by atoms with Crippen molar-refractivity contribution in [3.8, 4) is 0 Å². The van der Waals surface area contributed by atoms with Gasteiger partial charge in [-0.3, -0.25) is 9.59 Å². The van der Waals surface area contributed by atoms with Crippen molar-refractivity contribution in [2.24, 2.45) is 0 Å². The average molecular weight is 915 g/mol. The van der Waals surface area contributed by atoms with Gasteiger partial charge in [0.2, 0.25) is 5.91 Å². The van der Waals surface area contributed by atoms with Gasteiger partial charge < -0.3 is 20.3 Å². The van der Waals surface area contributed by atoms with E-state index >= 15 is 0 Å². The molecule has 0 aliphatic carbocycles. The summed E-state index contributed by atoms with van der Waals surface area (Å²) in [5, 5.41) is 23.1. The van der Waals surface area contributed by atoms with Crippen LogP contribution in [0.4, 0.5) is 0 Å². The van der Waals surface area contributed by atoms with E-state index in [0.717, 1.165) is 70.6 Å². The summed E-state index contributed by atoms with van der Waals surface area (Å²) in [4.78, 5) is 24.5. The molecule has 6 heteroatoms. The molecule has 0 bridgehead atoms. The van der Waals surface area contributed by atoms with Gasteiger partial charge in [0.15, 0.2) is 0 Å². The lowest BCUT2D eigenvalue weighted by atomic mass is 10.0. The third kappa shape index (κ3) is 51.3. The first kappa shape index (κ1) is 63.1. The largest absolute Gasteiger partial charge is 0.466 e. The highest BCUT2D eigenvalue weighted by molar-refractivity contribution is 5.76. The molecule has 0 aliphatic rings. The van der Waals surface area contributed by atoms with Crippen molar-refractivity contribution < 1.29 is 24.5 Å². The summed E-state index contributed by atoms with van der Waals surface area (Å²) in [5.74, 6) is -0.172. The number of unbranched alkanes of at least 4 members (excludes halogenated alkanes) is 38. The number of amides is 1. The van der Waals surface area contributed by atoms with Gasteiger partial charge >= 0.3 is 5.97 Å². The molecule has 3 N–H and O–H groups in total. The van der Waals surface area contributed by atoms with Crippen LogP contribution in [-0.2, 0) is 14.3 Å². The Balaban J connectivity index is 3.56.